The van der Waals surface area contributed by atoms with Gasteiger partial charge < -0.3 is 9.88 Å². The van der Waals surface area contributed by atoms with E-state index in [-0.39, 0.29) is 11.9 Å². The van der Waals surface area contributed by atoms with Crippen LogP contribution in [0, 0.1) is 13.8 Å². The average Bonchev–Trinajstić information content (AvgIpc) is 3.24. The summed E-state index contributed by atoms with van der Waals surface area (Å²) in [6.45, 7) is 4.96. The summed E-state index contributed by atoms with van der Waals surface area (Å²) >= 11 is 1.45. The van der Waals surface area contributed by atoms with E-state index in [2.05, 4.69) is 35.9 Å². The van der Waals surface area contributed by atoms with E-state index < -0.39 is 0 Å². The topological polar surface area (TPSA) is 61.9 Å². The minimum atomic E-state index is 0.000891. The number of carbonyl (C=O) groups excluding carboxylic acids is 1. The van der Waals surface area contributed by atoms with Crippen molar-refractivity contribution in [2.75, 3.05) is 6.54 Å². The predicted octanol–water partition coefficient (Wildman–Crippen LogP) is 4.00. The van der Waals surface area contributed by atoms with E-state index >= 15 is 0 Å². The van der Waals surface area contributed by atoms with Crippen molar-refractivity contribution in [1.82, 2.24) is 19.9 Å². The number of amides is 1. The van der Waals surface area contributed by atoms with Gasteiger partial charge in [0, 0.05) is 11.9 Å². The van der Waals surface area contributed by atoms with Gasteiger partial charge in [0.15, 0.2) is 0 Å². The van der Waals surface area contributed by atoms with Crippen LogP contribution in [0.3, 0.4) is 0 Å². The maximum absolute atomic E-state index is 12.8. The Morgan fingerprint density at radius 3 is 2.92 bits per heavy atom. The molecule has 0 radical (unpaired) electrons. The SMILES string of the molecule is Cc1cc2nc([C@@H]3CCCCN3C(=O)c3cscn3)[nH]c2cc1C. The third kappa shape index (κ3) is 2.60. The molecule has 1 N–H and O–H groups in total. The molecule has 0 bridgehead atoms. The zero-order chi connectivity index (χ0) is 16.7. The highest BCUT2D eigenvalue weighted by molar-refractivity contribution is 7.07. The summed E-state index contributed by atoms with van der Waals surface area (Å²) in [5, 5.41) is 1.82. The molecule has 0 spiro atoms. The molecular weight excluding hydrogens is 320 g/mol. The molecule has 1 fully saturated rings. The number of rotatable bonds is 2. The molecule has 1 saturated heterocycles. The fourth-order valence-corrected chi connectivity index (χ4v) is 3.90. The number of nitrogens with zero attached hydrogens (tertiary/aromatic N) is 3. The molecule has 5 nitrogen and oxygen atoms in total. The molecule has 1 aromatic carbocycles. The molecule has 1 atom stereocenters. The zero-order valence-electron chi connectivity index (χ0n) is 13.9. The maximum atomic E-state index is 12.8. The number of nitrogens with one attached hydrogen (secondary N) is 1. The number of thiazole rings is 1. The zero-order valence-corrected chi connectivity index (χ0v) is 14.7. The van der Waals surface area contributed by atoms with Crippen LogP contribution < -0.4 is 0 Å². The number of carbonyl (C=O) groups is 1. The van der Waals surface area contributed by atoms with E-state index in [0.717, 1.165) is 42.7 Å². The molecule has 0 unspecified atom stereocenters. The van der Waals surface area contributed by atoms with Crippen molar-refractivity contribution in [3.8, 4) is 0 Å². The van der Waals surface area contributed by atoms with Gasteiger partial charge >= 0.3 is 0 Å². The van der Waals surface area contributed by atoms with Crippen LogP contribution in [0.25, 0.3) is 11.0 Å². The Bertz CT molecular complexity index is 845. The minimum Gasteiger partial charge on any atom is -0.340 e. The lowest BCUT2D eigenvalue weighted by molar-refractivity contribution is 0.0596. The van der Waals surface area contributed by atoms with Crippen molar-refractivity contribution in [1.29, 1.82) is 0 Å². The smallest absolute Gasteiger partial charge is 0.273 e. The molecule has 1 amide bonds. The van der Waals surface area contributed by atoms with Crippen molar-refractivity contribution < 1.29 is 4.79 Å². The number of hydrogen-bond acceptors (Lipinski definition) is 4. The van der Waals surface area contributed by atoms with Crippen LogP contribution in [0.2, 0.25) is 0 Å². The molecule has 24 heavy (non-hydrogen) atoms. The number of benzene rings is 1. The lowest BCUT2D eigenvalue weighted by Crippen LogP contribution is -2.39. The minimum absolute atomic E-state index is 0.000891. The van der Waals surface area contributed by atoms with Gasteiger partial charge in [-0.15, -0.1) is 11.3 Å². The number of piperidine rings is 1. The molecule has 4 rings (SSSR count). The number of imidazole rings is 1. The van der Waals surface area contributed by atoms with Gasteiger partial charge in [0.05, 0.1) is 22.6 Å². The van der Waals surface area contributed by atoms with Crippen molar-refractivity contribution in [2.24, 2.45) is 0 Å². The summed E-state index contributed by atoms with van der Waals surface area (Å²) in [7, 11) is 0. The first-order valence-corrected chi connectivity index (χ1v) is 9.24. The Kier molecular flexibility index (Phi) is 3.84. The molecule has 3 aromatic rings. The third-order valence-corrected chi connectivity index (χ3v) is 5.43. The van der Waals surface area contributed by atoms with E-state index in [0.29, 0.717) is 5.69 Å². The summed E-state index contributed by atoms with van der Waals surface area (Å²) < 4.78 is 0. The Labute approximate surface area is 144 Å². The predicted molar refractivity (Wildman–Crippen MR) is 95.3 cm³/mol. The summed E-state index contributed by atoms with van der Waals surface area (Å²) in [5.41, 5.74) is 6.74. The molecule has 6 heteroatoms. The molecular formula is C18H20N4OS. The summed E-state index contributed by atoms with van der Waals surface area (Å²) in [4.78, 5) is 27.1. The largest absolute Gasteiger partial charge is 0.340 e. The quantitative estimate of drug-likeness (QED) is 0.767. The number of aromatic nitrogens is 3. The summed E-state index contributed by atoms with van der Waals surface area (Å²) in [6.07, 6.45) is 3.08. The second-order valence-corrected chi connectivity index (χ2v) is 7.18. The van der Waals surface area contributed by atoms with E-state index in [4.69, 9.17) is 4.98 Å². The van der Waals surface area contributed by atoms with Crippen LogP contribution in [0.4, 0.5) is 0 Å². The highest BCUT2D eigenvalue weighted by atomic mass is 32.1. The van der Waals surface area contributed by atoms with Gasteiger partial charge in [-0.3, -0.25) is 4.79 Å². The third-order valence-electron chi connectivity index (χ3n) is 4.85. The first-order valence-electron chi connectivity index (χ1n) is 8.29. The second-order valence-electron chi connectivity index (χ2n) is 6.46. The number of hydrogen-bond donors (Lipinski definition) is 1. The van der Waals surface area contributed by atoms with E-state index in [1.165, 1.54) is 22.5 Å². The average molecular weight is 340 g/mol. The van der Waals surface area contributed by atoms with Crippen molar-refractivity contribution in [3.63, 3.8) is 0 Å². The molecule has 3 heterocycles. The van der Waals surface area contributed by atoms with Gasteiger partial charge in [0.2, 0.25) is 0 Å². The van der Waals surface area contributed by atoms with Crippen LogP contribution in [-0.4, -0.2) is 32.3 Å². The summed E-state index contributed by atoms with van der Waals surface area (Å²) in [6, 6.07) is 4.25. The molecule has 0 aliphatic carbocycles. The van der Waals surface area contributed by atoms with Crippen molar-refractivity contribution in [3.05, 3.63) is 45.7 Å². The van der Waals surface area contributed by atoms with Gasteiger partial charge in [-0.2, -0.15) is 0 Å². The first-order chi connectivity index (χ1) is 11.6. The van der Waals surface area contributed by atoms with Crippen LogP contribution in [0.5, 0.6) is 0 Å². The lowest BCUT2D eigenvalue weighted by Gasteiger charge is -2.34. The molecule has 1 aliphatic rings. The molecule has 0 saturated carbocycles. The van der Waals surface area contributed by atoms with Crippen LogP contribution in [-0.2, 0) is 0 Å². The number of aryl methyl sites for hydroxylation is 2. The fraction of sp³-hybridized carbons (Fsp3) is 0.389. The van der Waals surface area contributed by atoms with Crippen molar-refractivity contribution in [2.45, 2.75) is 39.2 Å². The summed E-state index contributed by atoms with van der Waals surface area (Å²) in [5.74, 6) is 0.895. The Morgan fingerprint density at radius 1 is 1.29 bits per heavy atom. The highest BCUT2D eigenvalue weighted by Gasteiger charge is 2.31. The molecule has 1 aliphatic heterocycles. The van der Waals surface area contributed by atoms with E-state index in [9.17, 15) is 4.79 Å². The Hall–Kier alpha value is -2.21. The number of fused-ring (bicyclic) bond motifs is 1. The van der Waals surface area contributed by atoms with Gasteiger partial charge in [-0.05, 0) is 56.4 Å². The molecule has 2 aromatic heterocycles. The Morgan fingerprint density at radius 2 is 2.12 bits per heavy atom. The van der Waals surface area contributed by atoms with Crippen LogP contribution >= 0.6 is 11.3 Å². The molecule has 124 valence electrons. The number of likely N-dealkylation sites (tertiary alicyclic amines) is 1. The van der Waals surface area contributed by atoms with Crippen LogP contribution in [0.1, 0.15) is 52.7 Å². The Balaban J connectivity index is 1.71. The van der Waals surface area contributed by atoms with Gasteiger partial charge in [0.1, 0.15) is 11.5 Å². The van der Waals surface area contributed by atoms with Gasteiger partial charge in [-0.25, -0.2) is 9.97 Å². The highest BCUT2D eigenvalue weighted by Crippen LogP contribution is 2.32. The lowest BCUT2D eigenvalue weighted by atomic mass is 10.0. The first kappa shape index (κ1) is 15.3. The normalized spacial score (nSPS) is 18.2. The van der Waals surface area contributed by atoms with E-state index in [1.807, 2.05) is 10.3 Å². The van der Waals surface area contributed by atoms with E-state index in [1.54, 1.807) is 5.51 Å². The standard InChI is InChI=1S/C18H20N4OS/c1-11-7-13-14(8-12(11)2)21-17(20-13)16-5-3-4-6-22(16)18(23)15-9-24-10-19-15/h7-10,16H,3-6H2,1-2H3,(H,20,21)/t16-/m0/s1. The number of H-pyrrole nitrogens is 1. The van der Waals surface area contributed by atoms with Crippen molar-refractivity contribution >= 4 is 28.3 Å². The monoisotopic (exact) mass is 340 g/mol. The van der Waals surface area contributed by atoms with Gasteiger partial charge in [0.25, 0.3) is 5.91 Å². The number of aromatic amines is 1. The fourth-order valence-electron chi connectivity index (χ4n) is 3.37. The second kappa shape index (κ2) is 6.02. The van der Waals surface area contributed by atoms with Crippen LogP contribution in [0.15, 0.2) is 23.0 Å². The maximum Gasteiger partial charge on any atom is 0.273 e. The van der Waals surface area contributed by atoms with Gasteiger partial charge in [-0.1, -0.05) is 0 Å².